The second kappa shape index (κ2) is 6.60. The van der Waals surface area contributed by atoms with Crippen LogP contribution in [0.15, 0.2) is 0 Å². The number of hydrogen-bond donors (Lipinski definition) is 0. The first-order valence-electron chi connectivity index (χ1n) is 6.01. The lowest BCUT2D eigenvalue weighted by atomic mass is 9.79. The third kappa shape index (κ3) is 3.74. The molecule has 1 unspecified atom stereocenters. The molecule has 4 heteroatoms. The van der Waals surface area contributed by atoms with E-state index in [1.807, 2.05) is 18.9 Å². The number of rotatable bonds is 6. The molecule has 0 radical (unpaired) electrons. The SMILES string of the molecule is CCOC1CC(CC(=O)N(C)C(C)CBr)C1. The van der Waals surface area contributed by atoms with Crippen molar-refractivity contribution >= 4 is 21.8 Å². The molecule has 0 aromatic heterocycles. The van der Waals surface area contributed by atoms with E-state index < -0.39 is 0 Å². The van der Waals surface area contributed by atoms with Crippen molar-refractivity contribution in [1.82, 2.24) is 4.90 Å². The fraction of sp³-hybridized carbons (Fsp3) is 0.917. The number of alkyl halides is 1. The molecule has 0 bridgehead atoms. The molecule has 94 valence electrons. The maximum absolute atomic E-state index is 11.9. The van der Waals surface area contributed by atoms with Crippen molar-refractivity contribution in [2.45, 2.75) is 45.3 Å². The number of halogens is 1. The maximum Gasteiger partial charge on any atom is 0.222 e. The molecule has 1 fully saturated rings. The van der Waals surface area contributed by atoms with E-state index in [2.05, 4.69) is 22.9 Å². The van der Waals surface area contributed by atoms with Gasteiger partial charge < -0.3 is 9.64 Å². The summed E-state index contributed by atoms with van der Waals surface area (Å²) < 4.78 is 5.49. The monoisotopic (exact) mass is 291 g/mol. The number of amides is 1. The van der Waals surface area contributed by atoms with Gasteiger partial charge in [-0.3, -0.25) is 4.79 Å². The fourth-order valence-corrected chi connectivity index (χ4v) is 2.39. The number of nitrogens with zero attached hydrogens (tertiary/aromatic N) is 1. The molecule has 3 nitrogen and oxygen atoms in total. The van der Waals surface area contributed by atoms with Gasteiger partial charge in [0.15, 0.2) is 0 Å². The number of ether oxygens (including phenoxy) is 1. The van der Waals surface area contributed by atoms with Crippen LogP contribution in [0.1, 0.15) is 33.1 Å². The van der Waals surface area contributed by atoms with Gasteiger partial charge in [-0.25, -0.2) is 0 Å². The number of carbonyl (C=O) groups is 1. The Hall–Kier alpha value is -0.0900. The van der Waals surface area contributed by atoms with Gasteiger partial charge in [0.05, 0.1) is 6.10 Å². The van der Waals surface area contributed by atoms with E-state index in [9.17, 15) is 4.79 Å². The van der Waals surface area contributed by atoms with Gasteiger partial charge in [0, 0.05) is 31.4 Å². The summed E-state index contributed by atoms with van der Waals surface area (Å²) >= 11 is 3.40. The van der Waals surface area contributed by atoms with E-state index in [4.69, 9.17) is 4.74 Å². The highest BCUT2D eigenvalue weighted by Gasteiger charge is 2.32. The van der Waals surface area contributed by atoms with Crippen LogP contribution in [-0.4, -0.2) is 41.9 Å². The summed E-state index contributed by atoms with van der Waals surface area (Å²) in [4.78, 5) is 13.7. The first-order chi connectivity index (χ1) is 7.58. The van der Waals surface area contributed by atoms with Crippen molar-refractivity contribution in [2.75, 3.05) is 19.0 Å². The van der Waals surface area contributed by atoms with Crippen LogP contribution in [0.3, 0.4) is 0 Å². The van der Waals surface area contributed by atoms with E-state index in [0.29, 0.717) is 18.4 Å². The summed E-state index contributed by atoms with van der Waals surface area (Å²) in [5.41, 5.74) is 0. The zero-order chi connectivity index (χ0) is 12.1. The van der Waals surface area contributed by atoms with Gasteiger partial charge in [-0.05, 0) is 32.6 Å². The first-order valence-corrected chi connectivity index (χ1v) is 7.13. The van der Waals surface area contributed by atoms with Crippen molar-refractivity contribution in [3.05, 3.63) is 0 Å². The van der Waals surface area contributed by atoms with E-state index in [-0.39, 0.29) is 11.9 Å². The van der Waals surface area contributed by atoms with Gasteiger partial charge in [-0.1, -0.05) is 15.9 Å². The standard InChI is InChI=1S/C12H22BrNO2/c1-4-16-11-5-10(6-11)7-12(15)14(3)9(2)8-13/h9-11H,4-8H2,1-3H3. The molecule has 0 heterocycles. The molecule has 1 atom stereocenters. The Morgan fingerprint density at radius 2 is 2.19 bits per heavy atom. The predicted molar refractivity (Wildman–Crippen MR) is 68.8 cm³/mol. The summed E-state index contributed by atoms with van der Waals surface area (Å²) in [6.07, 6.45) is 3.19. The molecule has 1 amide bonds. The van der Waals surface area contributed by atoms with Crippen molar-refractivity contribution in [3.8, 4) is 0 Å². The molecular weight excluding hydrogens is 270 g/mol. The Bertz CT molecular complexity index is 229. The lowest BCUT2D eigenvalue weighted by Crippen LogP contribution is -2.40. The molecule has 1 aliphatic carbocycles. The topological polar surface area (TPSA) is 29.5 Å². The Balaban J connectivity index is 2.21. The summed E-state index contributed by atoms with van der Waals surface area (Å²) in [6.45, 7) is 4.85. The molecule has 0 N–H and O–H groups in total. The zero-order valence-corrected chi connectivity index (χ0v) is 12.0. The highest BCUT2D eigenvalue weighted by Crippen LogP contribution is 2.33. The second-order valence-corrected chi connectivity index (χ2v) is 5.27. The molecule has 1 rings (SSSR count). The summed E-state index contributed by atoms with van der Waals surface area (Å²) in [5, 5.41) is 0.835. The zero-order valence-electron chi connectivity index (χ0n) is 10.4. The molecule has 0 aromatic carbocycles. The lowest BCUT2D eigenvalue weighted by molar-refractivity contribution is -0.134. The minimum absolute atomic E-state index is 0.256. The highest BCUT2D eigenvalue weighted by molar-refractivity contribution is 9.09. The smallest absolute Gasteiger partial charge is 0.222 e. The summed E-state index contributed by atoms with van der Waals surface area (Å²) in [5.74, 6) is 0.793. The van der Waals surface area contributed by atoms with Crippen LogP contribution in [0.5, 0.6) is 0 Å². The molecule has 0 aliphatic heterocycles. The van der Waals surface area contributed by atoms with Crippen LogP contribution < -0.4 is 0 Å². The number of carbonyl (C=O) groups excluding carboxylic acids is 1. The van der Waals surface area contributed by atoms with Crippen LogP contribution in [-0.2, 0) is 9.53 Å². The van der Waals surface area contributed by atoms with E-state index in [1.54, 1.807) is 0 Å². The number of hydrogen-bond acceptors (Lipinski definition) is 2. The Morgan fingerprint density at radius 3 is 2.69 bits per heavy atom. The van der Waals surface area contributed by atoms with Gasteiger partial charge in [0.2, 0.25) is 5.91 Å². The van der Waals surface area contributed by atoms with Crippen LogP contribution in [0, 0.1) is 5.92 Å². The Kier molecular flexibility index (Phi) is 5.76. The van der Waals surface area contributed by atoms with Crippen LogP contribution in [0.2, 0.25) is 0 Å². The van der Waals surface area contributed by atoms with E-state index in [1.165, 1.54) is 0 Å². The van der Waals surface area contributed by atoms with E-state index in [0.717, 1.165) is 24.8 Å². The van der Waals surface area contributed by atoms with E-state index >= 15 is 0 Å². The Morgan fingerprint density at radius 1 is 1.56 bits per heavy atom. The molecule has 0 saturated heterocycles. The molecule has 0 aromatic rings. The second-order valence-electron chi connectivity index (χ2n) is 4.63. The average molecular weight is 292 g/mol. The summed E-state index contributed by atoms with van der Waals surface area (Å²) in [6, 6.07) is 0.273. The molecular formula is C12H22BrNO2. The van der Waals surface area contributed by atoms with Crippen LogP contribution in [0.25, 0.3) is 0 Å². The minimum Gasteiger partial charge on any atom is -0.378 e. The average Bonchev–Trinajstić information content (AvgIpc) is 2.23. The molecule has 1 saturated carbocycles. The Labute approximate surface area is 107 Å². The van der Waals surface area contributed by atoms with Crippen LogP contribution >= 0.6 is 15.9 Å². The van der Waals surface area contributed by atoms with Gasteiger partial charge in [-0.2, -0.15) is 0 Å². The lowest BCUT2D eigenvalue weighted by Gasteiger charge is -2.36. The molecule has 1 aliphatic rings. The highest BCUT2D eigenvalue weighted by atomic mass is 79.9. The quantitative estimate of drug-likeness (QED) is 0.704. The van der Waals surface area contributed by atoms with Gasteiger partial charge in [0.1, 0.15) is 0 Å². The molecule has 16 heavy (non-hydrogen) atoms. The third-order valence-electron chi connectivity index (χ3n) is 3.34. The summed E-state index contributed by atoms with van der Waals surface area (Å²) in [7, 11) is 1.88. The predicted octanol–water partition coefficient (Wildman–Crippen LogP) is 2.43. The van der Waals surface area contributed by atoms with Crippen molar-refractivity contribution < 1.29 is 9.53 Å². The van der Waals surface area contributed by atoms with Crippen molar-refractivity contribution in [2.24, 2.45) is 5.92 Å². The normalized spacial score (nSPS) is 26.0. The van der Waals surface area contributed by atoms with Crippen molar-refractivity contribution in [1.29, 1.82) is 0 Å². The van der Waals surface area contributed by atoms with Gasteiger partial charge in [-0.15, -0.1) is 0 Å². The van der Waals surface area contributed by atoms with Gasteiger partial charge in [0.25, 0.3) is 0 Å². The third-order valence-corrected chi connectivity index (χ3v) is 4.27. The van der Waals surface area contributed by atoms with Crippen molar-refractivity contribution in [3.63, 3.8) is 0 Å². The fourth-order valence-electron chi connectivity index (χ4n) is 1.95. The van der Waals surface area contributed by atoms with Crippen LogP contribution in [0.4, 0.5) is 0 Å². The van der Waals surface area contributed by atoms with Gasteiger partial charge >= 0.3 is 0 Å². The first kappa shape index (κ1) is 14.0. The molecule has 0 spiro atoms. The largest absolute Gasteiger partial charge is 0.378 e. The maximum atomic E-state index is 11.9. The minimum atomic E-state index is 0.256.